The van der Waals surface area contributed by atoms with Crippen LogP contribution in [0.2, 0.25) is 0 Å². The van der Waals surface area contributed by atoms with Gasteiger partial charge in [0.15, 0.2) is 0 Å². The van der Waals surface area contributed by atoms with E-state index >= 15 is 0 Å². The van der Waals surface area contributed by atoms with Crippen molar-refractivity contribution in [2.45, 2.75) is 32.3 Å². The van der Waals surface area contributed by atoms with E-state index in [0.717, 1.165) is 12.0 Å². The Balaban J connectivity index is 1.73. The normalized spacial score (nSPS) is 20.2. The van der Waals surface area contributed by atoms with Gasteiger partial charge in [-0.1, -0.05) is 25.1 Å². The van der Waals surface area contributed by atoms with E-state index in [-0.39, 0.29) is 29.6 Å². The van der Waals surface area contributed by atoms with Gasteiger partial charge in [-0.2, -0.15) is 0 Å². The zero-order chi connectivity index (χ0) is 18.5. The fraction of sp³-hybridized carbons (Fsp3) is 0.450. The van der Waals surface area contributed by atoms with Crippen LogP contribution < -0.4 is 0 Å². The van der Waals surface area contributed by atoms with E-state index in [1.165, 1.54) is 6.07 Å². The molecule has 1 saturated heterocycles. The van der Waals surface area contributed by atoms with Crippen molar-refractivity contribution in [3.63, 3.8) is 0 Å². The first-order valence-corrected chi connectivity index (χ1v) is 8.98. The SMILES string of the molecule is CCc1cnc(C(=O)N2CC[C@H](OC)[C@H](Cc3ccccc3F)C2)nc1. The van der Waals surface area contributed by atoms with Gasteiger partial charge in [0.25, 0.3) is 5.91 Å². The van der Waals surface area contributed by atoms with Crippen molar-refractivity contribution in [1.82, 2.24) is 14.9 Å². The second-order valence-corrected chi connectivity index (χ2v) is 6.64. The molecule has 1 amide bonds. The highest BCUT2D eigenvalue weighted by molar-refractivity contribution is 5.90. The highest BCUT2D eigenvalue weighted by Gasteiger charge is 2.33. The lowest BCUT2D eigenvalue weighted by Crippen LogP contribution is -2.47. The first kappa shape index (κ1) is 18.5. The van der Waals surface area contributed by atoms with Gasteiger partial charge in [0.2, 0.25) is 5.82 Å². The third kappa shape index (κ3) is 4.07. The molecule has 6 heteroatoms. The minimum Gasteiger partial charge on any atom is -0.381 e. The molecule has 138 valence electrons. The summed E-state index contributed by atoms with van der Waals surface area (Å²) in [7, 11) is 1.67. The highest BCUT2D eigenvalue weighted by Crippen LogP contribution is 2.25. The monoisotopic (exact) mass is 357 g/mol. The predicted octanol–water partition coefficient (Wildman–Crippen LogP) is 2.90. The van der Waals surface area contributed by atoms with Crippen LogP contribution in [0.15, 0.2) is 36.7 Å². The molecule has 0 unspecified atom stereocenters. The molecular formula is C20H24FN3O2. The molecule has 0 spiro atoms. The molecule has 0 radical (unpaired) electrons. The molecule has 1 aromatic carbocycles. The van der Waals surface area contributed by atoms with Gasteiger partial charge in [-0.25, -0.2) is 14.4 Å². The van der Waals surface area contributed by atoms with E-state index in [2.05, 4.69) is 9.97 Å². The number of halogens is 1. The quantitative estimate of drug-likeness (QED) is 0.826. The minimum atomic E-state index is -0.218. The molecule has 1 fully saturated rings. The smallest absolute Gasteiger partial charge is 0.291 e. The van der Waals surface area contributed by atoms with Crippen molar-refractivity contribution in [2.75, 3.05) is 20.2 Å². The Labute approximate surface area is 153 Å². The number of aryl methyl sites for hydroxylation is 1. The zero-order valence-electron chi connectivity index (χ0n) is 15.2. The number of methoxy groups -OCH3 is 1. The Morgan fingerprint density at radius 2 is 2.04 bits per heavy atom. The third-order valence-corrected chi connectivity index (χ3v) is 5.00. The van der Waals surface area contributed by atoms with Gasteiger partial charge >= 0.3 is 0 Å². The summed E-state index contributed by atoms with van der Waals surface area (Å²) in [4.78, 5) is 22.9. The Morgan fingerprint density at radius 3 is 2.69 bits per heavy atom. The molecule has 5 nitrogen and oxygen atoms in total. The fourth-order valence-electron chi connectivity index (χ4n) is 3.44. The van der Waals surface area contributed by atoms with Gasteiger partial charge in [0.1, 0.15) is 5.82 Å². The number of ether oxygens (including phenoxy) is 1. The number of carbonyl (C=O) groups excluding carboxylic acids is 1. The number of likely N-dealkylation sites (tertiary alicyclic amines) is 1. The molecule has 2 heterocycles. The summed E-state index contributed by atoms with van der Waals surface area (Å²) in [6, 6.07) is 6.76. The van der Waals surface area contributed by atoms with Gasteiger partial charge in [-0.15, -0.1) is 0 Å². The number of hydrogen-bond acceptors (Lipinski definition) is 4. The van der Waals surface area contributed by atoms with Gasteiger partial charge in [0.05, 0.1) is 6.10 Å². The van der Waals surface area contributed by atoms with E-state index in [9.17, 15) is 9.18 Å². The number of piperidine rings is 1. The van der Waals surface area contributed by atoms with Crippen LogP contribution in [0.25, 0.3) is 0 Å². The Kier molecular flexibility index (Phi) is 5.93. The summed E-state index contributed by atoms with van der Waals surface area (Å²) in [5.74, 6) is -0.155. The maximum absolute atomic E-state index is 14.0. The molecule has 0 bridgehead atoms. The van der Waals surface area contributed by atoms with Crippen LogP contribution in [-0.2, 0) is 17.6 Å². The molecule has 1 aromatic heterocycles. The van der Waals surface area contributed by atoms with Crippen LogP contribution in [0.5, 0.6) is 0 Å². The molecular weight excluding hydrogens is 333 g/mol. The van der Waals surface area contributed by atoms with E-state index < -0.39 is 0 Å². The maximum atomic E-state index is 14.0. The standard InChI is InChI=1S/C20H24FN3O2/c1-3-14-11-22-19(23-12-14)20(25)24-9-8-18(26-2)16(13-24)10-15-6-4-5-7-17(15)21/h4-7,11-12,16,18H,3,8-10,13H2,1-2H3/t16-,18+/m1/s1. The zero-order valence-corrected chi connectivity index (χ0v) is 15.2. The summed E-state index contributed by atoms with van der Waals surface area (Å²) in [5.41, 5.74) is 1.65. The van der Waals surface area contributed by atoms with Crippen LogP contribution >= 0.6 is 0 Å². The van der Waals surface area contributed by atoms with E-state index in [0.29, 0.717) is 31.5 Å². The van der Waals surface area contributed by atoms with Gasteiger partial charge < -0.3 is 9.64 Å². The van der Waals surface area contributed by atoms with Crippen molar-refractivity contribution in [3.8, 4) is 0 Å². The number of benzene rings is 1. The van der Waals surface area contributed by atoms with Crippen molar-refractivity contribution < 1.29 is 13.9 Å². The number of aromatic nitrogens is 2. The van der Waals surface area contributed by atoms with Crippen LogP contribution in [0.1, 0.15) is 35.1 Å². The molecule has 0 N–H and O–H groups in total. The molecule has 26 heavy (non-hydrogen) atoms. The first-order valence-electron chi connectivity index (χ1n) is 8.98. The number of carbonyl (C=O) groups is 1. The molecule has 1 aliphatic heterocycles. The molecule has 0 saturated carbocycles. The maximum Gasteiger partial charge on any atom is 0.291 e. The number of amides is 1. The van der Waals surface area contributed by atoms with Gasteiger partial charge in [-0.05, 0) is 36.5 Å². The van der Waals surface area contributed by atoms with Gasteiger partial charge in [0, 0.05) is 38.5 Å². The lowest BCUT2D eigenvalue weighted by molar-refractivity contribution is -0.00358. The van der Waals surface area contributed by atoms with E-state index in [4.69, 9.17) is 4.74 Å². The summed E-state index contributed by atoms with van der Waals surface area (Å²) < 4.78 is 19.6. The molecule has 2 aromatic rings. The lowest BCUT2D eigenvalue weighted by Gasteiger charge is -2.37. The Bertz CT molecular complexity index is 751. The van der Waals surface area contributed by atoms with Crippen molar-refractivity contribution in [3.05, 3.63) is 59.4 Å². The average Bonchev–Trinajstić information content (AvgIpc) is 2.69. The number of rotatable bonds is 5. The topological polar surface area (TPSA) is 55.3 Å². The average molecular weight is 357 g/mol. The summed E-state index contributed by atoms with van der Waals surface area (Å²) in [6.45, 7) is 3.11. The van der Waals surface area contributed by atoms with Crippen LogP contribution in [0.3, 0.4) is 0 Å². The van der Waals surface area contributed by atoms with Crippen molar-refractivity contribution >= 4 is 5.91 Å². The lowest BCUT2D eigenvalue weighted by atomic mass is 9.88. The molecule has 3 rings (SSSR count). The van der Waals surface area contributed by atoms with Crippen molar-refractivity contribution in [1.29, 1.82) is 0 Å². The van der Waals surface area contributed by atoms with Crippen molar-refractivity contribution in [2.24, 2.45) is 5.92 Å². The summed E-state index contributed by atoms with van der Waals surface area (Å²) in [6.07, 6.45) is 5.47. The number of nitrogens with zero attached hydrogens (tertiary/aromatic N) is 3. The van der Waals surface area contributed by atoms with Crippen LogP contribution in [0.4, 0.5) is 4.39 Å². The van der Waals surface area contributed by atoms with E-state index in [1.54, 1.807) is 36.5 Å². The van der Waals surface area contributed by atoms with E-state index in [1.807, 2.05) is 13.0 Å². The predicted molar refractivity (Wildman–Crippen MR) is 96.3 cm³/mol. The van der Waals surface area contributed by atoms with Crippen LogP contribution in [0, 0.1) is 11.7 Å². The fourth-order valence-corrected chi connectivity index (χ4v) is 3.44. The second-order valence-electron chi connectivity index (χ2n) is 6.64. The molecule has 0 aliphatic carbocycles. The number of hydrogen-bond donors (Lipinski definition) is 0. The molecule has 2 atom stereocenters. The highest BCUT2D eigenvalue weighted by atomic mass is 19.1. The second kappa shape index (κ2) is 8.36. The third-order valence-electron chi connectivity index (χ3n) is 5.00. The minimum absolute atomic E-state index is 0.00189. The van der Waals surface area contributed by atoms with Crippen LogP contribution in [-0.4, -0.2) is 47.1 Å². The Morgan fingerprint density at radius 1 is 1.31 bits per heavy atom. The molecule has 1 aliphatic rings. The first-order chi connectivity index (χ1) is 12.6. The van der Waals surface area contributed by atoms with Gasteiger partial charge in [-0.3, -0.25) is 4.79 Å². The summed E-state index contributed by atoms with van der Waals surface area (Å²) >= 11 is 0. The largest absolute Gasteiger partial charge is 0.381 e. The summed E-state index contributed by atoms with van der Waals surface area (Å²) in [5, 5.41) is 0. The Hall–Kier alpha value is -2.34.